The molecule has 0 aliphatic rings. The highest BCUT2D eigenvalue weighted by molar-refractivity contribution is 7.14. The first-order valence-corrected chi connectivity index (χ1v) is 9.23. The van der Waals surface area contributed by atoms with Crippen molar-refractivity contribution in [2.75, 3.05) is 17.2 Å². The molecule has 0 atom stereocenters. The lowest BCUT2D eigenvalue weighted by molar-refractivity contribution is -0.120. The summed E-state index contributed by atoms with van der Waals surface area (Å²) in [5.74, 6) is 0.481. The van der Waals surface area contributed by atoms with Crippen molar-refractivity contribution in [1.29, 1.82) is 0 Å². The number of aromatic nitrogens is 1. The maximum Gasteiger partial charge on any atom is 0.325 e. The number of amides is 3. The third-order valence-corrected chi connectivity index (χ3v) is 4.28. The van der Waals surface area contributed by atoms with Crippen molar-refractivity contribution in [3.8, 4) is 0 Å². The number of rotatable bonds is 7. The van der Waals surface area contributed by atoms with Gasteiger partial charge in [-0.1, -0.05) is 31.5 Å². The molecule has 0 unspecified atom stereocenters. The van der Waals surface area contributed by atoms with Gasteiger partial charge in [0.2, 0.25) is 5.91 Å². The molecule has 25 heavy (non-hydrogen) atoms. The van der Waals surface area contributed by atoms with Crippen molar-refractivity contribution in [1.82, 2.24) is 10.3 Å². The van der Waals surface area contributed by atoms with Gasteiger partial charge in [0.1, 0.15) is 0 Å². The molecule has 1 aromatic carbocycles. The lowest BCUT2D eigenvalue weighted by atomic mass is 10.1. The molecule has 2 rings (SSSR count). The number of hydrogen-bond acceptors (Lipinski definition) is 4. The summed E-state index contributed by atoms with van der Waals surface area (Å²) < 4.78 is 0. The van der Waals surface area contributed by atoms with Crippen LogP contribution in [0.25, 0.3) is 0 Å². The molecular weight excluding hydrogens is 360 g/mol. The molecule has 0 aliphatic carbocycles. The highest BCUT2D eigenvalue weighted by Gasteiger charge is 2.10. The van der Waals surface area contributed by atoms with Gasteiger partial charge < -0.3 is 10.6 Å². The fourth-order valence-electron chi connectivity index (χ4n) is 2.00. The topological polar surface area (TPSA) is 83.1 Å². The van der Waals surface area contributed by atoms with Gasteiger partial charge in [-0.25, -0.2) is 9.78 Å². The fraction of sp³-hybridized carbons (Fsp3) is 0.353. The smallest absolute Gasteiger partial charge is 0.325 e. The summed E-state index contributed by atoms with van der Waals surface area (Å²) in [6.45, 7) is 4.88. The molecule has 1 heterocycles. The Morgan fingerprint density at radius 1 is 1.28 bits per heavy atom. The molecule has 6 nitrogen and oxygen atoms in total. The van der Waals surface area contributed by atoms with Crippen LogP contribution in [0.4, 0.5) is 15.6 Å². The summed E-state index contributed by atoms with van der Waals surface area (Å²) in [5, 5.41) is 10.9. The number of halogens is 1. The zero-order valence-corrected chi connectivity index (χ0v) is 15.7. The molecule has 0 radical (unpaired) electrons. The Kier molecular flexibility index (Phi) is 7.21. The SMILES string of the molecule is CC(C)CCNC(=O)Cc1csc(NC(=O)Nc2cccc(Cl)c2)n1. The maximum atomic E-state index is 12.0. The van der Waals surface area contributed by atoms with E-state index in [1.165, 1.54) is 11.3 Å². The predicted molar refractivity (Wildman–Crippen MR) is 102 cm³/mol. The summed E-state index contributed by atoms with van der Waals surface area (Å²) in [7, 11) is 0. The third kappa shape index (κ3) is 7.11. The molecule has 2 aromatic rings. The van der Waals surface area contributed by atoms with Crippen molar-refractivity contribution in [2.24, 2.45) is 5.92 Å². The van der Waals surface area contributed by atoms with E-state index in [4.69, 9.17) is 11.6 Å². The Morgan fingerprint density at radius 3 is 2.80 bits per heavy atom. The predicted octanol–water partition coefficient (Wildman–Crippen LogP) is 4.15. The largest absolute Gasteiger partial charge is 0.356 e. The van der Waals surface area contributed by atoms with E-state index in [0.717, 1.165) is 6.42 Å². The molecule has 1 aromatic heterocycles. The van der Waals surface area contributed by atoms with Crippen LogP contribution < -0.4 is 16.0 Å². The number of hydrogen-bond donors (Lipinski definition) is 3. The minimum absolute atomic E-state index is 0.0686. The van der Waals surface area contributed by atoms with Gasteiger partial charge in [0.05, 0.1) is 12.1 Å². The zero-order chi connectivity index (χ0) is 18.2. The average Bonchev–Trinajstić information content (AvgIpc) is 2.93. The summed E-state index contributed by atoms with van der Waals surface area (Å²) in [6.07, 6.45) is 1.14. The van der Waals surface area contributed by atoms with E-state index in [1.807, 2.05) is 0 Å². The molecule has 0 spiro atoms. The Morgan fingerprint density at radius 2 is 2.08 bits per heavy atom. The van der Waals surface area contributed by atoms with E-state index in [1.54, 1.807) is 29.6 Å². The lowest BCUT2D eigenvalue weighted by Crippen LogP contribution is -2.27. The molecule has 3 N–H and O–H groups in total. The highest BCUT2D eigenvalue weighted by atomic mass is 35.5. The van der Waals surface area contributed by atoms with Crippen molar-refractivity contribution < 1.29 is 9.59 Å². The molecule has 8 heteroatoms. The number of nitrogens with one attached hydrogen (secondary N) is 3. The van der Waals surface area contributed by atoms with Crippen molar-refractivity contribution in [2.45, 2.75) is 26.7 Å². The Balaban J connectivity index is 1.80. The van der Waals surface area contributed by atoms with Gasteiger partial charge in [0.15, 0.2) is 5.13 Å². The van der Waals surface area contributed by atoms with E-state index >= 15 is 0 Å². The van der Waals surface area contributed by atoms with Gasteiger partial charge >= 0.3 is 6.03 Å². The Hall–Kier alpha value is -2.12. The molecule has 0 fully saturated rings. The highest BCUT2D eigenvalue weighted by Crippen LogP contribution is 2.18. The Labute approximate surface area is 156 Å². The van der Waals surface area contributed by atoms with E-state index in [-0.39, 0.29) is 12.3 Å². The first-order chi connectivity index (χ1) is 11.9. The van der Waals surface area contributed by atoms with Gasteiger partial charge in [0, 0.05) is 22.6 Å². The number of nitrogens with zero attached hydrogens (tertiary/aromatic N) is 1. The van der Waals surface area contributed by atoms with Gasteiger partial charge in [-0.3, -0.25) is 10.1 Å². The van der Waals surface area contributed by atoms with Gasteiger partial charge in [-0.15, -0.1) is 11.3 Å². The molecular formula is C17H21ClN4O2S. The van der Waals surface area contributed by atoms with Crippen LogP contribution in [0.3, 0.4) is 0 Å². The normalized spacial score (nSPS) is 10.6. The van der Waals surface area contributed by atoms with E-state index in [9.17, 15) is 9.59 Å². The monoisotopic (exact) mass is 380 g/mol. The summed E-state index contributed by atoms with van der Waals surface area (Å²) in [6, 6.07) is 6.45. The van der Waals surface area contributed by atoms with Crippen LogP contribution in [-0.2, 0) is 11.2 Å². The second kappa shape index (κ2) is 9.39. The number of carbonyl (C=O) groups excluding carboxylic acids is 2. The minimum atomic E-state index is -0.412. The van der Waals surface area contributed by atoms with Crippen LogP contribution in [-0.4, -0.2) is 23.5 Å². The van der Waals surface area contributed by atoms with Crippen LogP contribution in [0.5, 0.6) is 0 Å². The van der Waals surface area contributed by atoms with Crippen LogP contribution in [0, 0.1) is 5.92 Å². The van der Waals surface area contributed by atoms with Gasteiger partial charge in [-0.05, 0) is 30.5 Å². The molecule has 0 saturated carbocycles. The standard InChI is InChI=1S/C17H21ClN4O2S/c1-11(2)6-7-19-15(23)9-14-10-25-17(21-14)22-16(24)20-13-5-3-4-12(18)8-13/h3-5,8,10-11H,6-7,9H2,1-2H3,(H,19,23)(H2,20,21,22,24). The molecule has 0 aliphatic heterocycles. The first kappa shape index (κ1) is 19.2. The van der Waals surface area contributed by atoms with Gasteiger partial charge in [-0.2, -0.15) is 0 Å². The molecule has 134 valence electrons. The van der Waals surface area contributed by atoms with Crippen LogP contribution in [0.1, 0.15) is 26.0 Å². The third-order valence-electron chi connectivity index (χ3n) is 3.24. The fourth-order valence-corrected chi connectivity index (χ4v) is 2.89. The number of thiazole rings is 1. The number of benzene rings is 1. The molecule has 0 saturated heterocycles. The molecule has 3 amide bonds. The van der Waals surface area contributed by atoms with Crippen molar-refractivity contribution in [3.05, 3.63) is 40.4 Å². The summed E-state index contributed by atoms with van der Waals surface area (Å²) >= 11 is 7.15. The lowest BCUT2D eigenvalue weighted by Gasteiger charge is -2.06. The molecule has 0 bridgehead atoms. The number of anilines is 2. The number of carbonyl (C=O) groups is 2. The van der Waals surface area contributed by atoms with Crippen molar-refractivity contribution in [3.63, 3.8) is 0 Å². The zero-order valence-electron chi connectivity index (χ0n) is 14.1. The summed E-state index contributed by atoms with van der Waals surface area (Å²) in [4.78, 5) is 28.0. The summed E-state index contributed by atoms with van der Waals surface area (Å²) in [5.41, 5.74) is 1.22. The second-order valence-corrected chi connectivity index (χ2v) is 7.24. The van der Waals surface area contributed by atoms with Crippen molar-refractivity contribution >= 4 is 45.7 Å². The second-order valence-electron chi connectivity index (χ2n) is 5.94. The quantitative estimate of drug-likeness (QED) is 0.674. The van der Waals surface area contributed by atoms with Crippen LogP contribution in [0.15, 0.2) is 29.6 Å². The van der Waals surface area contributed by atoms with Crippen LogP contribution >= 0.6 is 22.9 Å². The van der Waals surface area contributed by atoms with E-state index < -0.39 is 6.03 Å². The van der Waals surface area contributed by atoms with E-state index in [0.29, 0.717) is 34.0 Å². The number of urea groups is 1. The average molecular weight is 381 g/mol. The van der Waals surface area contributed by atoms with Crippen LogP contribution in [0.2, 0.25) is 5.02 Å². The minimum Gasteiger partial charge on any atom is -0.356 e. The first-order valence-electron chi connectivity index (χ1n) is 7.97. The maximum absolute atomic E-state index is 12.0. The van der Waals surface area contributed by atoms with E-state index in [2.05, 4.69) is 34.8 Å². The Bertz CT molecular complexity index is 733. The van der Waals surface area contributed by atoms with Gasteiger partial charge in [0.25, 0.3) is 0 Å².